The van der Waals surface area contributed by atoms with E-state index in [9.17, 15) is 14.7 Å². The van der Waals surface area contributed by atoms with Gasteiger partial charge in [-0.1, -0.05) is 54.6 Å². The first-order valence-corrected chi connectivity index (χ1v) is 13.2. The van der Waals surface area contributed by atoms with Crippen molar-refractivity contribution in [1.29, 1.82) is 0 Å². The lowest BCUT2D eigenvalue weighted by atomic mass is 9.80. The molecule has 6 heteroatoms. The number of rotatable bonds is 8. The maximum absolute atomic E-state index is 13.3. The van der Waals surface area contributed by atoms with Crippen LogP contribution in [0, 0.1) is 5.92 Å². The summed E-state index contributed by atoms with van der Waals surface area (Å²) < 4.78 is 7.96. The van der Waals surface area contributed by atoms with Crippen LogP contribution in [0.3, 0.4) is 0 Å². The van der Waals surface area contributed by atoms with Crippen LogP contribution in [-0.2, 0) is 16.9 Å². The number of hydrogen-bond acceptors (Lipinski definition) is 4. The van der Waals surface area contributed by atoms with E-state index in [-0.39, 0.29) is 17.7 Å². The Kier molecular flexibility index (Phi) is 6.71. The van der Waals surface area contributed by atoms with E-state index in [0.29, 0.717) is 25.3 Å². The monoisotopic (exact) mass is 500 g/mol. The number of benzene rings is 2. The quantitative estimate of drug-likeness (QED) is 0.419. The average molecular weight is 501 g/mol. The van der Waals surface area contributed by atoms with Gasteiger partial charge in [0, 0.05) is 38.2 Å². The summed E-state index contributed by atoms with van der Waals surface area (Å²) in [6.45, 7) is 6.83. The fourth-order valence-corrected chi connectivity index (χ4v) is 5.45. The molecule has 1 saturated carbocycles. The van der Waals surface area contributed by atoms with Crippen LogP contribution in [0.5, 0.6) is 0 Å². The van der Waals surface area contributed by atoms with Gasteiger partial charge in [-0.05, 0) is 67.9 Å². The molecule has 1 N–H and O–H groups in total. The van der Waals surface area contributed by atoms with Crippen LogP contribution in [0.15, 0.2) is 77.7 Å². The molecule has 2 atom stereocenters. The smallest absolute Gasteiger partial charge is 0.411 e. The van der Waals surface area contributed by atoms with Crippen molar-refractivity contribution < 1.29 is 14.6 Å². The zero-order valence-corrected chi connectivity index (χ0v) is 21.9. The first-order valence-electron chi connectivity index (χ1n) is 13.2. The molecule has 2 aliphatic rings. The van der Waals surface area contributed by atoms with Gasteiger partial charge in [-0.15, -0.1) is 0 Å². The average Bonchev–Trinajstić information content (AvgIpc) is 3.69. The number of nitrogens with zero attached hydrogens (tertiary/aromatic N) is 2. The van der Waals surface area contributed by atoms with Crippen LogP contribution in [0.1, 0.15) is 63.6 Å². The van der Waals surface area contributed by atoms with Crippen molar-refractivity contribution in [3.63, 3.8) is 0 Å². The van der Waals surface area contributed by atoms with E-state index in [1.165, 1.54) is 12.8 Å². The molecule has 0 spiro atoms. The Hall–Kier alpha value is -3.38. The molecule has 0 bridgehead atoms. The lowest BCUT2D eigenvalue weighted by Crippen LogP contribution is -2.51. The number of carbonyl (C=O) groups is 1. The van der Waals surface area contributed by atoms with Gasteiger partial charge in [0.25, 0.3) is 5.56 Å². The van der Waals surface area contributed by atoms with Crippen LogP contribution in [0.4, 0.5) is 4.79 Å². The number of hydrogen-bond donors (Lipinski definition) is 1. The third-order valence-electron chi connectivity index (χ3n) is 7.62. The summed E-state index contributed by atoms with van der Waals surface area (Å²) in [5.74, 6) is 0.629. The van der Waals surface area contributed by atoms with Crippen LogP contribution >= 0.6 is 0 Å². The van der Waals surface area contributed by atoms with E-state index in [4.69, 9.17) is 4.74 Å². The molecule has 2 heterocycles. The van der Waals surface area contributed by atoms with Crippen LogP contribution < -0.4 is 5.56 Å². The molecule has 3 aromatic rings. The fourth-order valence-electron chi connectivity index (χ4n) is 5.45. The second-order valence-corrected chi connectivity index (χ2v) is 11.3. The minimum absolute atomic E-state index is 0.0423. The third kappa shape index (κ3) is 5.64. The highest BCUT2D eigenvalue weighted by Gasteiger charge is 2.46. The molecule has 1 amide bonds. The molecule has 194 valence electrons. The van der Waals surface area contributed by atoms with Crippen LogP contribution in [0.2, 0.25) is 0 Å². The first kappa shape index (κ1) is 25.3. The minimum atomic E-state index is -0.985. The summed E-state index contributed by atoms with van der Waals surface area (Å²) in [6.07, 6.45) is 4.90. The molecule has 1 aromatic heterocycles. The van der Waals surface area contributed by atoms with Gasteiger partial charge < -0.3 is 19.3 Å². The molecule has 2 fully saturated rings. The van der Waals surface area contributed by atoms with Crippen molar-refractivity contribution in [1.82, 2.24) is 9.47 Å². The molecule has 1 saturated heterocycles. The van der Waals surface area contributed by atoms with Crippen molar-refractivity contribution in [3.8, 4) is 11.1 Å². The van der Waals surface area contributed by atoms with E-state index in [2.05, 4.69) is 0 Å². The number of aromatic nitrogens is 1. The summed E-state index contributed by atoms with van der Waals surface area (Å²) in [6, 6.07) is 21.3. The van der Waals surface area contributed by atoms with Crippen LogP contribution in [0.25, 0.3) is 11.1 Å². The number of ether oxygens (including phenoxy) is 1. The molecule has 1 aliphatic carbocycles. The Morgan fingerprint density at radius 2 is 1.68 bits per heavy atom. The second kappa shape index (κ2) is 9.82. The molecule has 6 nitrogen and oxygen atoms in total. The third-order valence-corrected chi connectivity index (χ3v) is 7.62. The fraction of sp³-hybridized carbons (Fsp3) is 0.419. The molecule has 37 heavy (non-hydrogen) atoms. The van der Waals surface area contributed by atoms with Crippen molar-refractivity contribution >= 4 is 6.09 Å². The van der Waals surface area contributed by atoms with Gasteiger partial charge in [0.1, 0.15) is 5.60 Å². The molecular formula is C31H36N2O4. The highest BCUT2D eigenvalue weighted by molar-refractivity contribution is 5.70. The number of aliphatic hydroxyl groups is 1. The van der Waals surface area contributed by atoms with Gasteiger partial charge in [0.15, 0.2) is 0 Å². The Morgan fingerprint density at radius 1 is 1.00 bits per heavy atom. The number of cyclic esters (lactones) is 1. The van der Waals surface area contributed by atoms with Crippen molar-refractivity contribution in [3.05, 3.63) is 94.4 Å². The molecule has 0 radical (unpaired) electrons. The molecule has 1 aliphatic heterocycles. The summed E-state index contributed by atoms with van der Waals surface area (Å²) in [7, 11) is 0. The zero-order chi connectivity index (χ0) is 26.2. The summed E-state index contributed by atoms with van der Waals surface area (Å²) in [5, 5.41) is 10.6. The van der Waals surface area contributed by atoms with Crippen molar-refractivity contribution in [2.45, 2.75) is 70.2 Å². The number of carbonyl (C=O) groups excluding carboxylic acids is 1. The molecular weight excluding hydrogens is 464 g/mol. The summed E-state index contributed by atoms with van der Waals surface area (Å²) in [4.78, 5) is 27.3. The van der Waals surface area contributed by atoms with E-state index in [1.807, 2.05) is 78.4 Å². The minimum Gasteiger partial charge on any atom is -0.438 e. The van der Waals surface area contributed by atoms with Gasteiger partial charge in [0.05, 0.1) is 11.6 Å². The van der Waals surface area contributed by atoms with Gasteiger partial charge in [0.2, 0.25) is 0 Å². The van der Waals surface area contributed by atoms with Crippen molar-refractivity contribution in [2.75, 3.05) is 6.54 Å². The van der Waals surface area contributed by atoms with Gasteiger partial charge >= 0.3 is 6.09 Å². The van der Waals surface area contributed by atoms with Crippen LogP contribution in [-0.4, -0.2) is 32.8 Å². The van der Waals surface area contributed by atoms with Gasteiger partial charge in [-0.3, -0.25) is 4.79 Å². The topological polar surface area (TPSA) is 71.8 Å². The Balaban J connectivity index is 1.32. The lowest BCUT2D eigenvalue weighted by Gasteiger charge is -2.45. The largest absolute Gasteiger partial charge is 0.438 e. The standard InChI is InChI=1S/C31H36N2O4/c1-22(24-11-13-25(14-12-24)26-15-16-28(34)32(20-26)19-23-9-10-23)33-18-17-31(37-29(33)35,21-30(2,3)36)27-7-5-4-6-8-27/h4-8,11-16,20,22-23,36H,9-10,17-19,21H2,1-3H3/t22-,31?/m0/s1. The lowest BCUT2D eigenvalue weighted by molar-refractivity contribution is -0.101. The molecule has 1 unspecified atom stereocenters. The SMILES string of the molecule is C[C@@H](c1ccc(-c2ccc(=O)n(CC3CC3)c2)cc1)N1CCC(CC(C)(C)O)(c2ccccc2)OC1=O. The number of amides is 1. The van der Waals surface area contributed by atoms with E-state index in [0.717, 1.165) is 28.8 Å². The number of pyridine rings is 1. The highest BCUT2D eigenvalue weighted by atomic mass is 16.6. The predicted octanol–water partition coefficient (Wildman–Crippen LogP) is 5.89. The van der Waals surface area contributed by atoms with E-state index in [1.54, 1.807) is 24.8 Å². The Morgan fingerprint density at radius 3 is 2.30 bits per heavy atom. The maximum Gasteiger partial charge on any atom is 0.411 e. The summed E-state index contributed by atoms with van der Waals surface area (Å²) >= 11 is 0. The molecule has 2 aromatic carbocycles. The second-order valence-electron chi connectivity index (χ2n) is 11.3. The summed E-state index contributed by atoms with van der Waals surface area (Å²) in [5.41, 5.74) is 2.17. The van der Waals surface area contributed by atoms with E-state index < -0.39 is 11.2 Å². The Labute approximate surface area is 218 Å². The Bertz CT molecular complexity index is 1310. The zero-order valence-electron chi connectivity index (χ0n) is 21.9. The van der Waals surface area contributed by atoms with Crippen molar-refractivity contribution in [2.24, 2.45) is 5.92 Å². The van der Waals surface area contributed by atoms with Gasteiger partial charge in [-0.25, -0.2) is 4.79 Å². The van der Waals surface area contributed by atoms with Gasteiger partial charge in [-0.2, -0.15) is 0 Å². The maximum atomic E-state index is 13.3. The highest BCUT2D eigenvalue weighted by Crippen LogP contribution is 2.42. The first-order chi connectivity index (χ1) is 17.6. The molecule has 5 rings (SSSR count). The predicted molar refractivity (Wildman–Crippen MR) is 144 cm³/mol. The normalized spacial score (nSPS) is 21.0. The van der Waals surface area contributed by atoms with E-state index >= 15 is 0 Å².